The number of carbonyl (C=O) groups excluding carboxylic acids is 1. The van der Waals surface area contributed by atoms with E-state index in [1.54, 1.807) is 18.7 Å². The van der Waals surface area contributed by atoms with Gasteiger partial charge in [0.05, 0.1) is 6.33 Å². The Morgan fingerprint density at radius 2 is 2.22 bits per heavy atom. The molecule has 0 atom stereocenters. The number of nitrogens with one attached hydrogen (secondary N) is 2. The first kappa shape index (κ1) is 12.4. The molecule has 18 heavy (non-hydrogen) atoms. The maximum atomic E-state index is 11.6. The minimum absolute atomic E-state index is 0.428. The molecule has 0 aliphatic heterocycles. The number of aliphatic carboxylic acids is 1. The molecule has 7 heteroatoms. The van der Waals surface area contributed by atoms with E-state index < -0.39 is 17.5 Å². The van der Waals surface area contributed by atoms with Crippen LogP contribution in [0.25, 0.3) is 0 Å². The van der Waals surface area contributed by atoms with Gasteiger partial charge >= 0.3 is 12.0 Å². The highest BCUT2D eigenvalue weighted by molar-refractivity contribution is 5.87. The molecule has 1 aliphatic rings. The van der Waals surface area contributed by atoms with Crippen molar-refractivity contribution in [3.63, 3.8) is 0 Å². The smallest absolute Gasteiger partial charge is 0.329 e. The van der Waals surface area contributed by atoms with Crippen LogP contribution in [0.2, 0.25) is 0 Å². The van der Waals surface area contributed by atoms with Crippen LogP contribution in [-0.4, -0.2) is 38.7 Å². The van der Waals surface area contributed by atoms with Crippen LogP contribution in [0.3, 0.4) is 0 Å². The Balaban J connectivity index is 1.73. The van der Waals surface area contributed by atoms with Crippen molar-refractivity contribution in [1.29, 1.82) is 0 Å². The highest BCUT2D eigenvalue weighted by Gasteiger charge is 2.45. The van der Waals surface area contributed by atoms with Crippen LogP contribution in [0.1, 0.15) is 19.3 Å². The molecule has 1 aromatic heterocycles. The van der Waals surface area contributed by atoms with Crippen molar-refractivity contribution in [3.8, 4) is 0 Å². The first-order valence-corrected chi connectivity index (χ1v) is 5.87. The number of carbonyl (C=O) groups is 2. The van der Waals surface area contributed by atoms with Crippen LogP contribution in [0.4, 0.5) is 4.79 Å². The topological polar surface area (TPSA) is 96.3 Å². The largest absolute Gasteiger partial charge is 0.480 e. The van der Waals surface area contributed by atoms with Crippen molar-refractivity contribution >= 4 is 12.0 Å². The lowest BCUT2D eigenvalue weighted by Gasteiger charge is -2.38. The molecule has 2 rings (SSSR count). The number of amides is 2. The highest BCUT2D eigenvalue weighted by Crippen LogP contribution is 2.31. The van der Waals surface area contributed by atoms with Gasteiger partial charge in [-0.3, -0.25) is 0 Å². The Bertz CT molecular complexity index is 426. The molecule has 1 heterocycles. The minimum atomic E-state index is -1.06. The maximum Gasteiger partial charge on any atom is 0.329 e. The fraction of sp³-hybridized carbons (Fsp3) is 0.545. The van der Waals surface area contributed by atoms with Gasteiger partial charge in [-0.1, -0.05) is 0 Å². The standard InChI is InChI=1S/C11H16N4O3/c16-9(17)11(2-1-3-11)14-10(18)13-5-7-15-6-4-12-8-15/h4,6,8H,1-3,5,7H2,(H,16,17)(H2,13,14,18). The molecular weight excluding hydrogens is 236 g/mol. The minimum Gasteiger partial charge on any atom is -0.480 e. The number of hydrogen-bond donors (Lipinski definition) is 3. The summed E-state index contributed by atoms with van der Waals surface area (Å²) < 4.78 is 1.83. The number of hydrogen-bond acceptors (Lipinski definition) is 3. The van der Waals surface area contributed by atoms with Gasteiger partial charge in [-0.15, -0.1) is 0 Å². The first-order valence-electron chi connectivity index (χ1n) is 5.87. The molecule has 98 valence electrons. The predicted octanol–water partition coefficient (Wildman–Crippen LogP) is 0.190. The van der Waals surface area contributed by atoms with Crippen molar-refractivity contribution in [2.24, 2.45) is 0 Å². The molecule has 7 nitrogen and oxygen atoms in total. The number of carboxylic acids is 1. The van der Waals surface area contributed by atoms with Gasteiger partial charge in [0.2, 0.25) is 0 Å². The van der Waals surface area contributed by atoms with E-state index >= 15 is 0 Å². The molecule has 0 aromatic carbocycles. The first-order chi connectivity index (χ1) is 8.62. The Morgan fingerprint density at radius 3 is 2.72 bits per heavy atom. The summed E-state index contributed by atoms with van der Waals surface area (Å²) in [5.41, 5.74) is -1.06. The van der Waals surface area contributed by atoms with E-state index in [1.165, 1.54) is 0 Å². The van der Waals surface area contributed by atoms with Gasteiger partial charge in [-0.2, -0.15) is 0 Å². The number of carboxylic acid groups (broad SMARTS) is 1. The lowest BCUT2D eigenvalue weighted by molar-refractivity contribution is -0.148. The molecule has 1 saturated carbocycles. The van der Waals surface area contributed by atoms with Crippen LogP contribution >= 0.6 is 0 Å². The molecule has 1 aromatic rings. The molecule has 0 spiro atoms. The van der Waals surface area contributed by atoms with E-state index in [4.69, 9.17) is 5.11 Å². The molecule has 2 amide bonds. The van der Waals surface area contributed by atoms with Gasteiger partial charge in [0, 0.05) is 25.5 Å². The van der Waals surface area contributed by atoms with Crippen LogP contribution < -0.4 is 10.6 Å². The SMILES string of the molecule is O=C(NCCn1ccnc1)NC1(C(=O)O)CCC1. The quantitative estimate of drug-likeness (QED) is 0.697. The molecule has 1 fully saturated rings. The van der Waals surface area contributed by atoms with Gasteiger partial charge in [-0.25, -0.2) is 14.6 Å². The van der Waals surface area contributed by atoms with Crippen molar-refractivity contribution in [2.75, 3.05) is 6.54 Å². The average Bonchev–Trinajstić information content (AvgIpc) is 2.76. The van der Waals surface area contributed by atoms with Crippen LogP contribution in [0.15, 0.2) is 18.7 Å². The van der Waals surface area contributed by atoms with Crippen LogP contribution in [0, 0.1) is 0 Å². The zero-order chi connectivity index (χ0) is 13.0. The molecule has 3 N–H and O–H groups in total. The second kappa shape index (κ2) is 5.07. The van der Waals surface area contributed by atoms with Gasteiger partial charge < -0.3 is 20.3 Å². The van der Waals surface area contributed by atoms with E-state index in [0.29, 0.717) is 25.9 Å². The van der Waals surface area contributed by atoms with Crippen molar-refractivity contribution < 1.29 is 14.7 Å². The van der Waals surface area contributed by atoms with Crippen molar-refractivity contribution in [1.82, 2.24) is 20.2 Å². The Hall–Kier alpha value is -2.05. The lowest BCUT2D eigenvalue weighted by Crippen LogP contribution is -2.61. The Morgan fingerprint density at radius 1 is 1.44 bits per heavy atom. The van der Waals surface area contributed by atoms with Crippen molar-refractivity contribution in [2.45, 2.75) is 31.3 Å². The summed E-state index contributed by atoms with van der Waals surface area (Å²) in [6.07, 6.45) is 6.94. The van der Waals surface area contributed by atoms with Crippen LogP contribution in [0.5, 0.6) is 0 Å². The van der Waals surface area contributed by atoms with E-state index in [9.17, 15) is 9.59 Å². The van der Waals surface area contributed by atoms with Gasteiger partial charge in [0.25, 0.3) is 0 Å². The predicted molar refractivity (Wildman–Crippen MR) is 63.0 cm³/mol. The molecule has 0 bridgehead atoms. The number of rotatable bonds is 5. The third kappa shape index (κ3) is 2.61. The van der Waals surface area contributed by atoms with E-state index in [0.717, 1.165) is 6.42 Å². The van der Waals surface area contributed by atoms with Crippen molar-refractivity contribution in [3.05, 3.63) is 18.7 Å². The second-order valence-corrected chi connectivity index (χ2v) is 4.42. The lowest BCUT2D eigenvalue weighted by atomic mass is 9.77. The maximum absolute atomic E-state index is 11.6. The van der Waals surface area contributed by atoms with Gasteiger partial charge in [0.1, 0.15) is 5.54 Å². The summed E-state index contributed by atoms with van der Waals surface area (Å²) in [5.74, 6) is -0.960. The summed E-state index contributed by atoms with van der Waals surface area (Å²) in [6, 6.07) is -0.433. The van der Waals surface area contributed by atoms with Crippen LogP contribution in [-0.2, 0) is 11.3 Å². The fourth-order valence-electron chi connectivity index (χ4n) is 1.90. The Labute approximate surface area is 104 Å². The molecule has 1 aliphatic carbocycles. The number of urea groups is 1. The third-order valence-corrected chi connectivity index (χ3v) is 3.18. The number of nitrogens with zero attached hydrogens (tertiary/aromatic N) is 2. The fourth-order valence-corrected chi connectivity index (χ4v) is 1.90. The summed E-state index contributed by atoms with van der Waals surface area (Å²) >= 11 is 0. The monoisotopic (exact) mass is 252 g/mol. The second-order valence-electron chi connectivity index (χ2n) is 4.42. The molecule has 0 radical (unpaired) electrons. The normalized spacial score (nSPS) is 16.7. The van der Waals surface area contributed by atoms with Gasteiger partial charge in [0.15, 0.2) is 0 Å². The number of aromatic nitrogens is 2. The zero-order valence-corrected chi connectivity index (χ0v) is 9.93. The zero-order valence-electron chi connectivity index (χ0n) is 9.93. The molecule has 0 saturated heterocycles. The van der Waals surface area contributed by atoms with Gasteiger partial charge in [-0.05, 0) is 19.3 Å². The third-order valence-electron chi connectivity index (χ3n) is 3.18. The summed E-state index contributed by atoms with van der Waals surface area (Å²) in [5, 5.41) is 14.2. The summed E-state index contributed by atoms with van der Waals surface area (Å²) in [6.45, 7) is 1.03. The summed E-state index contributed by atoms with van der Waals surface area (Å²) in [4.78, 5) is 26.5. The van der Waals surface area contributed by atoms with E-state index in [1.807, 2.05) is 4.57 Å². The summed E-state index contributed by atoms with van der Waals surface area (Å²) in [7, 11) is 0. The van der Waals surface area contributed by atoms with E-state index in [-0.39, 0.29) is 0 Å². The highest BCUT2D eigenvalue weighted by atomic mass is 16.4. The molecular formula is C11H16N4O3. The average molecular weight is 252 g/mol. The molecule has 0 unspecified atom stereocenters. The van der Waals surface area contributed by atoms with E-state index in [2.05, 4.69) is 15.6 Å². The Kier molecular flexibility index (Phi) is 3.50. The number of imidazole rings is 1.